The highest BCUT2D eigenvalue weighted by molar-refractivity contribution is 5.95. The maximum atomic E-state index is 13.0. The molecule has 3 rings (SSSR count). The Morgan fingerprint density at radius 3 is 2.24 bits per heavy atom. The van der Waals surface area contributed by atoms with E-state index in [1.807, 2.05) is 0 Å². The fraction of sp³-hybridized carbons (Fsp3) is 0.348. The van der Waals surface area contributed by atoms with Crippen LogP contribution in [0.4, 0.5) is 13.2 Å². The largest absolute Gasteiger partial charge is 0.497 e. The van der Waals surface area contributed by atoms with Crippen molar-refractivity contribution in [1.29, 1.82) is 0 Å². The summed E-state index contributed by atoms with van der Waals surface area (Å²) in [4.78, 5) is 26.9. The average molecular weight is 463 g/mol. The lowest BCUT2D eigenvalue weighted by atomic mass is 9.95. The molecule has 0 radical (unpaired) electrons. The van der Waals surface area contributed by atoms with E-state index in [4.69, 9.17) is 9.47 Å². The fourth-order valence-corrected chi connectivity index (χ4v) is 3.58. The van der Waals surface area contributed by atoms with E-state index in [-0.39, 0.29) is 11.5 Å². The number of hydrazone groups is 1. The fourth-order valence-electron chi connectivity index (χ4n) is 3.58. The summed E-state index contributed by atoms with van der Waals surface area (Å²) < 4.78 is 49.5. The van der Waals surface area contributed by atoms with Crippen LogP contribution in [0.3, 0.4) is 0 Å². The summed E-state index contributed by atoms with van der Waals surface area (Å²) in [7, 11) is 2.99. The van der Waals surface area contributed by atoms with E-state index in [1.54, 1.807) is 23.1 Å². The molecule has 2 aromatic carbocycles. The van der Waals surface area contributed by atoms with Gasteiger partial charge in [-0.25, -0.2) is 5.43 Å². The number of nitrogens with one attached hydrogen (secondary N) is 1. The van der Waals surface area contributed by atoms with Crippen molar-refractivity contribution in [3.63, 3.8) is 0 Å². The molecule has 1 fully saturated rings. The predicted octanol–water partition coefficient (Wildman–Crippen LogP) is 3.73. The van der Waals surface area contributed by atoms with Gasteiger partial charge in [-0.1, -0.05) is 18.2 Å². The minimum absolute atomic E-state index is 0.139. The third-order valence-corrected chi connectivity index (χ3v) is 5.40. The van der Waals surface area contributed by atoms with Crippen LogP contribution in [0.5, 0.6) is 11.5 Å². The van der Waals surface area contributed by atoms with Crippen molar-refractivity contribution in [2.24, 2.45) is 11.0 Å². The normalized spacial score (nSPS) is 14.9. The monoisotopic (exact) mass is 463 g/mol. The summed E-state index contributed by atoms with van der Waals surface area (Å²) in [6, 6.07) is 9.89. The lowest BCUT2D eigenvalue weighted by molar-refractivity contribution is -0.137. The number of carbonyl (C=O) groups is 2. The maximum Gasteiger partial charge on any atom is 0.417 e. The van der Waals surface area contributed by atoms with Crippen LogP contribution in [0.15, 0.2) is 47.6 Å². The van der Waals surface area contributed by atoms with E-state index in [1.165, 1.54) is 32.4 Å². The number of hydrogen-bond donors (Lipinski definition) is 1. The molecule has 0 unspecified atom stereocenters. The Morgan fingerprint density at radius 1 is 1.06 bits per heavy atom. The van der Waals surface area contributed by atoms with Crippen LogP contribution in [0.2, 0.25) is 0 Å². The molecule has 1 heterocycles. The number of ether oxygens (including phenoxy) is 2. The highest BCUT2D eigenvalue weighted by atomic mass is 19.4. The van der Waals surface area contributed by atoms with Gasteiger partial charge < -0.3 is 14.4 Å². The van der Waals surface area contributed by atoms with E-state index in [0.29, 0.717) is 43.0 Å². The van der Waals surface area contributed by atoms with Gasteiger partial charge in [0.25, 0.3) is 5.91 Å². The van der Waals surface area contributed by atoms with Gasteiger partial charge in [0.1, 0.15) is 11.5 Å². The summed E-state index contributed by atoms with van der Waals surface area (Å²) in [5, 5.41) is 3.70. The van der Waals surface area contributed by atoms with Crippen molar-refractivity contribution in [2.45, 2.75) is 19.0 Å². The number of amides is 2. The molecule has 1 aliphatic rings. The molecule has 0 spiro atoms. The number of nitrogens with zero attached hydrogens (tertiary/aromatic N) is 2. The molecule has 176 valence electrons. The summed E-state index contributed by atoms with van der Waals surface area (Å²) in [5.74, 6) is -0.00326. The Morgan fingerprint density at radius 2 is 1.67 bits per heavy atom. The zero-order valence-electron chi connectivity index (χ0n) is 18.2. The molecular formula is C23H24F3N3O4. The number of piperidine rings is 1. The minimum atomic E-state index is -4.52. The van der Waals surface area contributed by atoms with Crippen LogP contribution >= 0.6 is 0 Å². The molecule has 0 aliphatic carbocycles. The van der Waals surface area contributed by atoms with Gasteiger partial charge in [-0.05, 0) is 31.0 Å². The van der Waals surface area contributed by atoms with Gasteiger partial charge in [-0.3, -0.25) is 9.59 Å². The lowest BCUT2D eigenvalue weighted by Gasteiger charge is -2.31. The summed E-state index contributed by atoms with van der Waals surface area (Å²) in [6.45, 7) is 0.716. The number of rotatable bonds is 6. The molecule has 0 aromatic heterocycles. The van der Waals surface area contributed by atoms with Gasteiger partial charge in [-0.15, -0.1) is 0 Å². The molecule has 0 atom stereocenters. The minimum Gasteiger partial charge on any atom is -0.497 e. The van der Waals surface area contributed by atoms with Crippen molar-refractivity contribution < 1.29 is 32.2 Å². The number of likely N-dealkylation sites (tertiary alicyclic amines) is 1. The van der Waals surface area contributed by atoms with E-state index < -0.39 is 23.6 Å². The molecule has 33 heavy (non-hydrogen) atoms. The summed E-state index contributed by atoms with van der Waals surface area (Å²) in [6.07, 6.45) is -2.71. The Kier molecular flexibility index (Phi) is 7.57. The molecule has 1 saturated heterocycles. The van der Waals surface area contributed by atoms with Crippen LogP contribution < -0.4 is 14.9 Å². The average Bonchev–Trinajstić information content (AvgIpc) is 2.82. The first-order chi connectivity index (χ1) is 15.7. The molecule has 10 heteroatoms. The Labute approximate surface area is 189 Å². The number of alkyl halides is 3. The highest BCUT2D eigenvalue weighted by Gasteiger charge is 2.32. The van der Waals surface area contributed by atoms with Crippen molar-refractivity contribution in [2.75, 3.05) is 27.3 Å². The van der Waals surface area contributed by atoms with Crippen molar-refractivity contribution in [3.8, 4) is 11.5 Å². The first-order valence-electron chi connectivity index (χ1n) is 10.2. The smallest absolute Gasteiger partial charge is 0.417 e. The maximum absolute atomic E-state index is 13.0. The van der Waals surface area contributed by atoms with E-state index in [9.17, 15) is 22.8 Å². The zero-order valence-corrected chi connectivity index (χ0v) is 18.2. The quantitative estimate of drug-likeness (QED) is 0.523. The van der Waals surface area contributed by atoms with Crippen LogP contribution in [0.1, 0.15) is 34.3 Å². The molecule has 0 saturated carbocycles. The van der Waals surface area contributed by atoms with E-state index >= 15 is 0 Å². The van der Waals surface area contributed by atoms with Crippen molar-refractivity contribution in [3.05, 3.63) is 59.2 Å². The molecule has 1 aliphatic heterocycles. The first kappa shape index (κ1) is 24.1. The van der Waals surface area contributed by atoms with Gasteiger partial charge in [0.05, 0.1) is 26.0 Å². The summed E-state index contributed by atoms with van der Waals surface area (Å²) >= 11 is 0. The standard InChI is InChI=1S/C23H24F3N3O4/c1-32-18-11-17(12-19(13-18)33-2)22(31)29-9-7-15(8-10-29)21(30)28-27-14-16-5-3-4-6-20(16)23(24,25)26/h3-6,11-15H,7-10H2,1-2H3,(H,28,30)/b27-14+. The zero-order chi connectivity index (χ0) is 24.0. The predicted molar refractivity (Wildman–Crippen MR) is 115 cm³/mol. The van der Waals surface area contributed by atoms with Crippen molar-refractivity contribution in [1.82, 2.24) is 10.3 Å². The number of hydrogen-bond acceptors (Lipinski definition) is 5. The van der Waals surface area contributed by atoms with E-state index in [0.717, 1.165) is 12.3 Å². The molecule has 2 aromatic rings. The van der Waals surface area contributed by atoms with Gasteiger partial charge in [-0.2, -0.15) is 18.3 Å². The number of methoxy groups -OCH3 is 2. The Balaban J connectivity index is 1.57. The van der Waals surface area contributed by atoms with Crippen LogP contribution in [-0.4, -0.2) is 50.2 Å². The van der Waals surface area contributed by atoms with Gasteiger partial charge in [0.15, 0.2) is 0 Å². The Hall–Kier alpha value is -3.56. The molecule has 0 bridgehead atoms. The topological polar surface area (TPSA) is 80.2 Å². The van der Waals surface area contributed by atoms with Gasteiger partial charge in [0.2, 0.25) is 5.91 Å². The first-order valence-corrected chi connectivity index (χ1v) is 10.2. The molecule has 7 nitrogen and oxygen atoms in total. The number of benzene rings is 2. The second kappa shape index (κ2) is 10.4. The summed E-state index contributed by atoms with van der Waals surface area (Å²) in [5.41, 5.74) is 1.76. The molecule has 1 N–H and O–H groups in total. The van der Waals surface area contributed by atoms with E-state index in [2.05, 4.69) is 10.5 Å². The second-order valence-electron chi connectivity index (χ2n) is 7.49. The Bertz CT molecular complexity index is 1010. The third-order valence-electron chi connectivity index (χ3n) is 5.40. The third kappa shape index (κ3) is 6.03. The molecule has 2 amide bonds. The van der Waals surface area contributed by atoms with Crippen LogP contribution in [0, 0.1) is 5.92 Å². The van der Waals surface area contributed by atoms with Gasteiger partial charge in [0, 0.05) is 36.2 Å². The second-order valence-corrected chi connectivity index (χ2v) is 7.49. The van der Waals surface area contributed by atoms with Crippen LogP contribution in [-0.2, 0) is 11.0 Å². The molecular weight excluding hydrogens is 439 g/mol. The van der Waals surface area contributed by atoms with Crippen LogP contribution in [0.25, 0.3) is 0 Å². The van der Waals surface area contributed by atoms with Crippen molar-refractivity contribution >= 4 is 18.0 Å². The SMILES string of the molecule is COc1cc(OC)cc(C(=O)N2CCC(C(=O)N/N=C/c3ccccc3C(F)(F)F)CC2)c1. The number of halogens is 3. The van der Waals surface area contributed by atoms with Gasteiger partial charge >= 0.3 is 6.18 Å². The lowest BCUT2D eigenvalue weighted by Crippen LogP contribution is -2.42. The highest BCUT2D eigenvalue weighted by Crippen LogP contribution is 2.31. The number of carbonyl (C=O) groups excluding carboxylic acids is 2.